The Labute approximate surface area is 145 Å². The van der Waals surface area contributed by atoms with Crippen LogP contribution < -0.4 is 5.32 Å². The maximum absolute atomic E-state index is 12.9. The molecule has 0 bridgehead atoms. The van der Waals surface area contributed by atoms with E-state index in [1.807, 2.05) is 4.90 Å². The fourth-order valence-corrected chi connectivity index (χ4v) is 3.27. The van der Waals surface area contributed by atoms with Crippen LogP contribution in [0.2, 0.25) is 0 Å². The van der Waals surface area contributed by atoms with Gasteiger partial charge in [-0.05, 0) is 42.9 Å². The molecule has 1 aliphatic carbocycles. The summed E-state index contributed by atoms with van der Waals surface area (Å²) in [7, 11) is 0. The molecule has 1 atom stereocenters. The fourth-order valence-electron chi connectivity index (χ4n) is 3.27. The molecule has 0 spiro atoms. The molecule has 2 amide bonds. The van der Waals surface area contributed by atoms with E-state index >= 15 is 0 Å². The molecule has 7 heteroatoms. The van der Waals surface area contributed by atoms with E-state index in [1.165, 1.54) is 25.0 Å². The van der Waals surface area contributed by atoms with Gasteiger partial charge in [0.05, 0.1) is 0 Å². The molecular formula is C18H22FN5O. The molecular weight excluding hydrogens is 321 g/mol. The van der Waals surface area contributed by atoms with Crippen molar-refractivity contribution < 1.29 is 9.18 Å². The van der Waals surface area contributed by atoms with Gasteiger partial charge in [-0.25, -0.2) is 14.2 Å². The number of amides is 2. The molecule has 25 heavy (non-hydrogen) atoms. The second-order valence-corrected chi connectivity index (χ2v) is 7.00. The van der Waals surface area contributed by atoms with Crippen molar-refractivity contribution in [3.05, 3.63) is 47.3 Å². The number of hydrogen-bond donors (Lipinski definition) is 2. The van der Waals surface area contributed by atoms with Crippen LogP contribution in [-0.2, 0) is 13.0 Å². The number of hydrogen-bond acceptors (Lipinski definition) is 3. The number of aromatic amines is 1. The Morgan fingerprint density at radius 3 is 2.84 bits per heavy atom. The highest BCUT2D eigenvalue weighted by molar-refractivity contribution is 5.74. The minimum atomic E-state index is -0.269. The van der Waals surface area contributed by atoms with E-state index < -0.39 is 0 Å². The summed E-state index contributed by atoms with van der Waals surface area (Å²) in [6, 6.07) is 6.11. The Balaban J connectivity index is 1.24. The van der Waals surface area contributed by atoms with Gasteiger partial charge in [-0.2, -0.15) is 5.10 Å². The molecule has 4 rings (SSSR count). The molecule has 2 fully saturated rings. The number of likely N-dealkylation sites (tertiary alicyclic amines) is 1. The first-order valence-corrected chi connectivity index (χ1v) is 8.86. The van der Waals surface area contributed by atoms with Crippen molar-refractivity contribution in [2.75, 3.05) is 13.1 Å². The maximum Gasteiger partial charge on any atom is 0.317 e. The van der Waals surface area contributed by atoms with Crippen LogP contribution in [0.1, 0.15) is 42.4 Å². The largest absolute Gasteiger partial charge is 0.334 e. The summed E-state index contributed by atoms with van der Waals surface area (Å²) in [6.45, 7) is 1.89. The van der Waals surface area contributed by atoms with Crippen molar-refractivity contribution in [2.45, 2.75) is 38.1 Å². The van der Waals surface area contributed by atoms with Gasteiger partial charge < -0.3 is 10.2 Å². The normalized spacial score (nSPS) is 20.0. The monoisotopic (exact) mass is 343 g/mol. The van der Waals surface area contributed by atoms with E-state index in [1.54, 1.807) is 12.1 Å². The van der Waals surface area contributed by atoms with Gasteiger partial charge in [0, 0.05) is 32.0 Å². The Bertz CT molecular complexity index is 740. The zero-order valence-corrected chi connectivity index (χ0v) is 14.0. The van der Waals surface area contributed by atoms with Crippen molar-refractivity contribution in [3.8, 4) is 0 Å². The van der Waals surface area contributed by atoms with Gasteiger partial charge in [-0.3, -0.25) is 5.10 Å². The Hall–Kier alpha value is -2.44. The van der Waals surface area contributed by atoms with E-state index in [0.29, 0.717) is 18.4 Å². The predicted octanol–water partition coefficient (Wildman–Crippen LogP) is 2.60. The molecule has 6 nitrogen and oxygen atoms in total. The highest BCUT2D eigenvalue weighted by Gasteiger charge is 2.30. The molecule has 2 aliphatic rings. The molecule has 1 saturated carbocycles. The number of aromatic nitrogens is 3. The first-order valence-electron chi connectivity index (χ1n) is 8.86. The van der Waals surface area contributed by atoms with Crippen molar-refractivity contribution in [3.63, 3.8) is 0 Å². The molecule has 1 aromatic carbocycles. The van der Waals surface area contributed by atoms with Crippen molar-refractivity contribution in [1.29, 1.82) is 0 Å². The molecule has 2 heterocycles. The lowest BCUT2D eigenvalue weighted by atomic mass is 10.1. The average Bonchev–Trinajstić information content (AvgIpc) is 3.18. The van der Waals surface area contributed by atoms with Crippen LogP contribution in [0, 0.1) is 11.7 Å². The van der Waals surface area contributed by atoms with Crippen molar-refractivity contribution in [1.82, 2.24) is 25.4 Å². The minimum absolute atomic E-state index is 0.0666. The number of nitrogens with one attached hydrogen (secondary N) is 2. The molecule has 1 aliphatic heterocycles. The third kappa shape index (κ3) is 3.97. The fraction of sp³-hybridized carbons (Fsp3) is 0.500. The van der Waals surface area contributed by atoms with Crippen LogP contribution in [-0.4, -0.2) is 39.2 Å². The molecule has 1 unspecified atom stereocenters. The SMILES string of the molecule is O=C(NCc1ccc(F)cc1)N1CCC(Cc2nc(C3CC3)n[nH]2)C1. The third-order valence-corrected chi connectivity index (χ3v) is 4.90. The van der Waals surface area contributed by atoms with Gasteiger partial charge in [0.15, 0.2) is 5.82 Å². The summed E-state index contributed by atoms with van der Waals surface area (Å²) in [6.07, 6.45) is 4.20. The maximum atomic E-state index is 12.9. The van der Waals surface area contributed by atoms with Crippen LogP contribution in [0.5, 0.6) is 0 Å². The van der Waals surface area contributed by atoms with E-state index in [4.69, 9.17) is 0 Å². The smallest absolute Gasteiger partial charge is 0.317 e. The number of halogens is 1. The number of nitrogens with zero attached hydrogens (tertiary/aromatic N) is 3. The molecule has 132 valence electrons. The van der Waals surface area contributed by atoms with Crippen LogP contribution in [0.4, 0.5) is 9.18 Å². The first-order chi connectivity index (χ1) is 12.2. The van der Waals surface area contributed by atoms with Crippen molar-refractivity contribution >= 4 is 6.03 Å². The van der Waals surface area contributed by atoms with E-state index in [2.05, 4.69) is 20.5 Å². The average molecular weight is 343 g/mol. The Morgan fingerprint density at radius 1 is 1.28 bits per heavy atom. The molecule has 2 aromatic rings. The highest BCUT2D eigenvalue weighted by atomic mass is 19.1. The van der Waals surface area contributed by atoms with Crippen LogP contribution >= 0.6 is 0 Å². The van der Waals surface area contributed by atoms with E-state index in [-0.39, 0.29) is 11.8 Å². The number of rotatable bonds is 5. The minimum Gasteiger partial charge on any atom is -0.334 e. The lowest BCUT2D eigenvalue weighted by Gasteiger charge is -2.17. The van der Waals surface area contributed by atoms with Crippen LogP contribution in [0.25, 0.3) is 0 Å². The number of benzene rings is 1. The third-order valence-electron chi connectivity index (χ3n) is 4.90. The number of carbonyl (C=O) groups is 1. The van der Waals surface area contributed by atoms with Crippen LogP contribution in [0.3, 0.4) is 0 Å². The summed E-state index contributed by atoms with van der Waals surface area (Å²) < 4.78 is 12.9. The van der Waals surface area contributed by atoms with Gasteiger partial charge >= 0.3 is 6.03 Å². The molecule has 0 radical (unpaired) electrons. The lowest BCUT2D eigenvalue weighted by molar-refractivity contribution is 0.206. The van der Waals surface area contributed by atoms with Gasteiger partial charge in [0.1, 0.15) is 11.6 Å². The number of urea groups is 1. The standard InChI is InChI=1S/C18H22FN5O/c19-15-5-1-12(2-6-15)10-20-18(25)24-8-7-13(11-24)9-16-21-17(23-22-16)14-3-4-14/h1-2,5-6,13-14H,3-4,7-11H2,(H,20,25)(H,21,22,23). The lowest BCUT2D eigenvalue weighted by Crippen LogP contribution is -2.38. The summed E-state index contributed by atoms with van der Waals surface area (Å²) in [4.78, 5) is 18.7. The predicted molar refractivity (Wildman–Crippen MR) is 90.4 cm³/mol. The van der Waals surface area contributed by atoms with Gasteiger partial charge in [0.25, 0.3) is 0 Å². The van der Waals surface area contributed by atoms with Gasteiger partial charge in [0.2, 0.25) is 0 Å². The number of H-pyrrole nitrogens is 1. The van der Waals surface area contributed by atoms with E-state index in [9.17, 15) is 9.18 Å². The van der Waals surface area contributed by atoms with Gasteiger partial charge in [-0.15, -0.1) is 0 Å². The summed E-state index contributed by atoms with van der Waals surface area (Å²) in [5.74, 6) is 2.58. The first kappa shape index (κ1) is 16.1. The van der Waals surface area contributed by atoms with Crippen molar-refractivity contribution in [2.24, 2.45) is 5.92 Å². The molecule has 1 saturated heterocycles. The van der Waals surface area contributed by atoms with E-state index in [0.717, 1.165) is 43.1 Å². The number of carbonyl (C=O) groups excluding carboxylic acids is 1. The zero-order chi connectivity index (χ0) is 17.2. The Kier molecular flexibility index (Phi) is 4.38. The molecule has 2 N–H and O–H groups in total. The molecule has 1 aromatic heterocycles. The zero-order valence-electron chi connectivity index (χ0n) is 14.0. The summed E-state index contributed by atoms with van der Waals surface area (Å²) in [5, 5.41) is 10.2. The Morgan fingerprint density at radius 2 is 2.08 bits per heavy atom. The highest BCUT2D eigenvalue weighted by Crippen LogP contribution is 2.37. The summed E-state index contributed by atoms with van der Waals surface area (Å²) >= 11 is 0. The second kappa shape index (κ2) is 6.82. The summed E-state index contributed by atoms with van der Waals surface area (Å²) in [5.41, 5.74) is 0.889. The second-order valence-electron chi connectivity index (χ2n) is 7.00. The quantitative estimate of drug-likeness (QED) is 0.876. The van der Waals surface area contributed by atoms with Crippen LogP contribution in [0.15, 0.2) is 24.3 Å². The topological polar surface area (TPSA) is 73.9 Å². The van der Waals surface area contributed by atoms with Gasteiger partial charge in [-0.1, -0.05) is 12.1 Å².